The van der Waals surface area contributed by atoms with Gasteiger partial charge in [-0.15, -0.1) is 0 Å². The number of nitrogens with two attached hydrogens (primary N) is 1. The van der Waals surface area contributed by atoms with E-state index in [-0.39, 0.29) is 38.6 Å². The molecule has 2 unspecified atom stereocenters. The number of phosphoric ester groups is 1. The molecule has 374 valence electrons. The first-order chi connectivity index (χ1) is 31.3. The molecule has 0 spiro atoms. The zero-order valence-corrected chi connectivity index (χ0v) is 42.4. The number of carbonyl (C=O) groups excluding carboxylic acids is 2. The van der Waals surface area contributed by atoms with Gasteiger partial charge in [-0.1, -0.05) is 210 Å². The van der Waals surface area contributed by atoms with Crippen LogP contribution in [0.4, 0.5) is 0 Å². The van der Waals surface area contributed by atoms with E-state index in [0.717, 1.165) is 70.6 Å². The van der Waals surface area contributed by atoms with Crippen LogP contribution < -0.4 is 5.73 Å². The van der Waals surface area contributed by atoms with Gasteiger partial charge in [0.25, 0.3) is 0 Å². The third-order valence-corrected chi connectivity index (χ3v) is 12.4. The normalized spacial score (nSPS) is 13.5. The van der Waals surface area contributed by atoms with Crippen LogP contribution in [-0.4, -0.2) is 49.3 Å². The molecule has 0 aliphatic heterocycles. The van der Waals surface area contributed by atoms with Gasteiger partial charge in [-0.05, 0) is 77.0 Å². The quantitative estimate of drug-likeness (QED) is 0.0265. The highest BCUT2D eigenvalue weighted by Gasteiger charge is 2.26. The molecular weight excluding hydrogens is 822 g/mol. The number of unbranched alkanes of at least 4 members (excludes halogenated alkanes) is 29. The van der Waals surface area contributed by atoms with Crippen molar-refractivity contribution in [3.63, 3.8) is 0 Å². The lowest BCUT2D eigenvalue weighted by molar-refractivity contribution is -0.161. The van der Waals surface area contributed by atoms with E-state index in [4.69, 9.17) is 24.3 Å². The smallest absolute Gasteiger partial charge is 0.462 e. The molecule has 0 aromatic heterocycles. The fourth-order valence-electron chi connectivity index (χ4n) is 7.46. The Morgan fingerprint density at radius 3 is 1.22 bits per heavy atom. The van der Waals surface area contributed by atoms with Crippen molar-refractivity contribution < 1.29 is 37.6 Å². The Bertz CT molecular complexity index is 1190. The predicted molar refractivity (Wildman–Crippen MR) is 270 cm³/mol. The Hall–Kier alpha value is -2.03. The average molecular weight is 922 g/mol. The summed E-state index contributed by atoms with van der Waals surface area (Å²) in [4.78, 5) is 35.1. The van der Waals surface area contributed by atoms with E-state index >= 15 is 0 Å². The molecule has 0 aliphatic rings. The highest BCUT2D eigenvalue weighted by molar-refractivity contribution is 7.47. The minimum absolute atomic E-state index is 0.0515. The van der Waals surface area contributed by atoms with Crippen LogP contribution in [0.5, 0.6) is 0 Å². The number of allylic oxidation sites excluding steroid dienone is 8. The molecular formula is C54H100NO8P. The summed E-state index contributed by atoms with van der Waals surface area (Å²) >= 11 is 0. The van der Waals surface area contributed by atoms with Crippen LogP contribution in [0, 0.1) is 0 Å². The topological polar surface area (TPSA) is 134 Å². The van der Waals surface area contributed by atoms with Crippen LogP contribution in [0.2, 0.25) is 0 Å². The number of carbonyl (C=O) groups is 2. The number of ether oxygens (including phenoxy) is 2. The zero-order valence-electron chi connectivity index (χ0n) is 41.5. The molecule has 0 saturated heterocycles. The van der Waals surface area contributed by atoms with Crippen LogP contribution >= 0.6 is 7.82 Å². The minimum atomic E-state index is -4.39. The van der Waals surface area contributed by atoms with Gasteiger partial charge in [-0.25, -0.2) is 4.57 Å². The van der Waals surface area contributed by atoms with Crippen LogP contribution in [0.25, 0.3) is 0 Å². The van der Waals surface area contributed by atoms with Crippen molar-refractivity contribution in [1.82, 2.24) is 0 Å². The molecule has 64 heavy (non-hydrogen) atoms. The van der Waals surface area contributed by atoms with Gasteiger partial charge in [0.05, 0.1) is 13.2 Å². The largest absolute Gasteiger partial charge is 0.472 e. The minimum Gasteiger partial charge on any atom is -0.462 e. The van der Waals surface area contributed by atoms with Gasteiger partial charge in [0, 0.05) is 19.4 Å². The third-order valence-electron chi connectivity index (χ3n) is 11.4. The van der Waals surface area contributed by atoms with Crippen molar-refractivity contribution in [2.75, 3.05) is 26.4 Å². The average Bonchev–Trinajstić information content (AvgIpc) is 3.28. The Morgan fingerprint density at radius 1 is 0.469 bits per heavy atom. The van der Waals surface area contributed by atoms with E-state index in [1.807, 2.05) is 0 Å². The summed E-state index contributed by atoms with van der Waals surface area (Å²) in [5, 5.41) is 0. The molecule has 0 fully saturated rings. The first-order valence-corrected chi connectivity index (χ1v) is 28.1. The SMILES string of the molecule is CCCCCCC/C=C\C/C=C\C/C=C\CCCCCCCCCCCCCCC(=O)OC(COC(=O)CCCCCCC/C=C\CCCCCCCCC)COP(=O)(O)OCCN. The Balaban J connectivity index is 4.01. The van der Waals surface area contributed by atoms with Crippen LogP contribution in [0.15, 0.2) is 48.6 Å². The van der Waals surface area contributed by atoms with E-state index in [0.29, 0.717) is 6.42 Å². The van der Waals surface area contributed by atoms with E-state index < -0.39 is 26.5 Å². The maximum absolute atomic E-state index is 12.7. The summed E-state index contributed by atoms with van der Waals surface area (Å²) < 4.78 is 32.9. The van der Waals surface area contributed by atoms with Crippen molar-refractivity contribution in [1.29, 1.82) is 0 Å². The van der Waals surface area contributed by atoms with Crippen LogP contribution in [0.1, 0.15) is 251 Å². The van der Waals surface area contributed by atoms with Crippen molar-refractivity contribution in [2.24, 2.45) is 5.73 Å². The second-order valence-corrected chi connectivity index (χ2v) is 19.2. The van der Waals surface area contributed by atoms with Crippen molar-refractivity contribution in [2.45, 2.75) is 258 Å². The summed E-state index contributed by atoms with van der Waals surface area (Å²) in [6, 6.07) is 0. The summed E-state index contributed by atoms with van der Waals surface area (Å²) in [6.45, 7) is 3.74. The Labute approximate surface area is 394 Å². The predicted octanol–water partition coefficient (Wildman–Crippen LogP) is 16.2. The van der Waals surface area contributed by atoms with Gasteiger partial charge < -0.3 is 20.1 Å². The van der Waals surface area contributed by atoms with E-state index in [9.17, 15) is 19.0 Å². The summed E-state index contributed by atoms with van der Waals surface area (Å²) in [5.74, 6) is -0.834. The van der Waals surface area contributed by atoms with E-state index in [2.05, 4.69) is 62.5 Å². The second-order valence-electron chi connectivity index (χ2n) is 17.7. The number of esters is 2. The van der Waals surface area contributed by atoms with Gasteiger partial charge >= 0.3 is 19.8 Å². The highest BCUT2D eigenvalue weighted by Crippen LogP contribution is 2.43. The molecule has 0 saturated carbocycles. The number of hydrogen-bond acceptors (Lipinski definition) is 8. The van der Waals surface area contributed by atoms with E-state index in [1.54, 1.807) is 0 Å². The molecule has 0 aromatic rings. The first kappa shape index (κ1) is 62.0. The number of hydrogen-bond donors (Lipinski definition) is 2. The molecule has 0 heterocycles. The lowest BCUT2D eigenvalue weighted by Gasteiger charge is -2.19. The molecule has 3 N–H and O–H groups in total. The second kappa shape index (κ2) is 50.4. The van der Waals surface area contributed by atoms with Gasteiger partial charge in [0.15, 0.2) is 6.10 Å². The monoisotopic (exact) mass is 922 g/mol. The molecule has 0 amide bonds. The molecule has 0 aliphatic carbocycles. The molecule has 0 bridgehead atoms. The van der Waals surface area contributed by atoms with Gasteiger partial charge in [0.2, 0.25) is 0 Å². The fraction of sp³-hybridized carbons (Fsp3) is 0.815. The molecule has 2 atom stereocenters. The summed E-state index contributed by atoms with van der Waals surface area (Å²) in [5.41, 5.74) is 5.37. The first-order valence-electron chi connectivity index (χ1n) is 26.6. The van der Waals surface area contributed by atoms with Crippen molar-refractivity contribution in [3.05, 3.63) is 48.6 Å². The lowest BCUT2D eigenvalue weighted by atomic mass is 10.0. The maximum atomic E-state index is 12.7. The van der Waals surface area contributed by atoms with Crippen LogP contribution in [0.3, 0.4) is 0 Å². The summed E-state index contributed by atoms with van der Waals surface area (Å²) in [7, 11) is -4.39. The Kier molecular flexibility index (Phi) is 48.8. The zero-order chi connectivity index (χ0) is 46.7. The van der Waals surface area contributed by atoms with Gasteiger partial charge in [-0.2, -0.15) is 0 Å². The third kappa shape index (κ3) is 49.4. The van der Waals surface area contributed by atoms with Crippen LogP contribution in [-0.2, 0) is 32.7 Å². The molecule has 10 heteroatoms. The molecule has 0 radical (unpaired) electrons. The van der Waals surface area contributed by atoms with Gasteiger partial charge in [-0.3, -0.25) is 18.6 Å². The molecule has 0 rings (SSSR count). The van der Waals surface area contributed by atoms with Gasteiger partial charge in [0.1, 0.15) is 6.61 Å². The Morgan fingerprint density at radius 2 is 0.812 bits per heavy atom. The van der Waals surface area contributed by atoms with E-state index in [1.165, 1.54) is 148 Å². The number of phosphoric acid groups is 1. The maximum Gasteiger partial charge on any atom is 0.472 e. The molecule has 0 aromatic carbocycles. The summed E-state index contributed by atoms with van der Waals surface area (Å²) in [6.07, 6.45) is 60.1. The highest BCUT2D eigenvalue weighted by atomic mass is 31.2. The number of rotatable bonds is 50. The standard InChI is InChI=1S/C54H100NO8P/c1-3-5-7-9-11-13-15-17-19-21-22-23-24-25-26-27-28-29-30-31-33-35-37-39-41-43-45-47-54(57)63-52(51-62-64(58,59)61-49-48-55)50-60-53(56)46-44-42-40-38-36-34-32-20-18-16-14-12-10-8-6-4-2/h15,17,20-22,24-25,32,52H,3-14,16,18-19,23,26-31,33-51,55H2,1-2H3,(H,58,59)/b17-15-,22-21-,25-24-,32-20-. The molecule has 9 nitrogen and oxygen atoms in total. The fourth-order valence-corrected chi connectivity index (χ4v) is 8.23. The lowest BCUT2D eigenvalue weighted by Crippen LogP contribution is -2.29. The van der Waals surface area contributed by atoms with Crippen molar-refractivity contribution in [3.8, 4) is 0 Å². The van der Waals surface area contributed by atoms with Crippen molar-refractivity contribution >= 4 is 19.8 Å².